The third-order valence-corrected chi connectivity index (χ3v) is 12.1. The normalized spacial score (nSPS) is 35.4. The molecular formula is C36H64N2O5. The number of carbonyl (C=O) groups is 1. The van der Waals surface area contributed by atoms with Crippen molar-refractivity contribution in [2.24, 2.45) is 40.7 Å². The van der Waals surface area contributed by atoms with Crippen LogP contribution in [0.15, 0.2) is 12.2 Å². The van der Waals surface area contributed by atoms with Crippen LogP contribution in [0.25, 0.3) is 0 Å². The average Bonchev–Trinajstić information content (AvgIpc) is 3.54. The van der Waals surface area contributed by atoms with E-state index in [1.54, 1.807) is 0 Å². The van der Waals surface area contributed by atoms with Gasteiger partial charge in [-0.1, -0.05) is 70.4 Å². The number of hydrogen-bond donors (Lipinski definition) is 5. The SMILES string of the molecule is CCCCC[C@H]1C=C[C@@H](CCCCC[C@H](C(=O)[O-])[C@H](O)CC[C@]2(O)C[C@@H](CC3CC[NH2+]C(N)C3)C3(CCCC3)C2)[C@H](O)C1. The number of piperidine rings is 1. The highest BCUT2D eigenvalue weighted by atomic mass is 16.4. The molecule has 43 heavy (non-hydrogen) atoms. The van der Waals surface area contributed by atoms with Crippen LogP contribution in [-0.2, 0) is 4.79 Å². The Hall–Kier alpha value is -0.990. The highest BCUT2D eigenvalue weighted by Gasteiger charge is 2.54. The molecule has 0 aromatic carbocycles. The number of hydrogen-bond acceptors (Lipinski definition) is 6. The molecule has 7 nitrogen and oxygen atoms in total. The van der Waals surface area contributed by atoms with Crippen LogP contribution in [0.1, 0.15) is 142 Å². The van der Waals surface area contributed by atoms with Crippen LogP contribution >= 0.6 is 0 Å². The van der Waals surface area contributed by atoms with Crippen molar-refractivity contribution >= 4 is 5.97 Å². The van der Waals surface area contributed by atoms with Gasteiger partial charge < -0.3 is 30.5 Å². The van der Waals surface area contributed by atoms with E-state index in [0.717, 1.165) is 70.8 Å². The Kier molecular flexibility index (Phi) is 13.4. The molecule has 0 bridgehead atoms. The lowest BCUT2D eigenvalue weighted by molar-refractivity contribution is -0.699. The number of carbonyl (C=O) groups excluding carboxylic acids is 1. The predicted molar refractivity (Wildman–Crippen MR) is 168 cm³/mol. The van der Waals surface area contributed by atoms with Gasteiger partial charge in [-0.05, 0) is 100 Å². The Morgan fingerprint density at radius 1 is 1.07 bits per heavy atom. The molecule has 0 radical (unpaired) electrons. The molecule has 2 unspecified atom stereocenters. The maximum absolute atomic E-state index is 12.0. The molecule has 9 atom stereocenters. The fourth-order valence-electron chi connectivity index (χ4n) is 9.65. The zero-order valence-electron chi connectivity index (χ0n) is 27.1. The first kappa shape index (κ1) is 34.9. The van der Waals surface area contributed by atoms with E-state index < -0.39 is 23.6 Å². The van der Waals surface area contributed by atoms with Gasteiger partial charge in [0.05, 0.1) is 24.4 Å². The number of quaternary nitrogens is 1. The maximum atomic E-state index is 12.0. The Bertz CT molecular complexity index is 876. The molecule has 4 aliphatic rings. The first-order chi connectivity index (χ1) is 20.6. The minimum Gasteiger partial charge on any atom is -0.550 e. The number of carboxylic acid groups (broad SMARTS) is 1. The summed E-state index contributed by atoms with van der Waals surface area (Å²) in [6.45, 7) is 3.30. The summed E-state index contributed by atoms with van der Waals surface area (Å²) in [5, 5.41) is 47.6. The summed E-state index contributed by atoms with van der Waals surface area (Å²) >= 11 is 0. The lowest BCUT2D eigenvalue weighted by Gasteiger charge is -2.35. The molecule has 1 spiro atoms. The van der Waals surface area contributed by atoms with Gasteiger partial charge in [-0.2, -0.15) is 0 Å². The second kappa shape index (κ2) is 16.5. The van der Waals surface area contributed by atoms with Crippen molar-refractivity contribution in [1.29, 1.82) is 0 Å². The van der Waals surface area contributed by atoms with Gasteiger partial charge >= 0.3 is 0 Å². The molecule has 3 fully saturated rings. The van der Waals surface area contributed by atoms with Crippen molar-refractivity contribution in [3.8, 4) is 0 Å². The summed E-state index contributed by atoms with van der Waals surface area (Å²) < 4.78 is 0. The largest absolute Gasteiger partial charge is 0.550 e. The molecule has 0 aromatic heterocycles. The van der Waals surface area contributed by atoms with E-state index in [2.05, 4.69) is 24.4 Å². The third-order valence-electron chi connectivity index (χ3n) is 12.1. The third kappa shape index (κ3) is 10.00. The number of nitrogens with two attached hydrogens (primary N) is 2. The molecule has 0 aromatic rings. The standard InChI is InChI=1S/C36H64N2O5/c1-2-3-5-10-26-13-14-28(32(40)22-26)11-6-4-7-12-30(34(41)42)31(39)15-19-36(43)24-29(35(25-36)17-8-9-18-35)21-27-16-20-38-33(37)23-27/h13-14,26-33,38-40,43H,2-12,15-25,37H2,1H3,(H,41,42)/t26-,27?,28+,29+,30-,31+,32+,33?,36-/m0/s1. The molecule has 2 saturated carbocycles. The summed E-state index contributed by atoms with van der Waals surface area (Å²) in [4.78, 5) is 12.0. The molecule has 7 N–H and O–H groups in total. The number of aliphatic hydroxyl groups is 3. The lowest BCUT2D eigenvalue weighted by Crippen LogP contribution is -2.94. The van der Waals surface area contributed by atoms with Gasteiger partial charge in [-0.3, -0.25) is 5.73 Å². The van der Waals surface area contributed by atoms with Crippen LogP contribution in [-0.4, -0.2) is 51.8 Å². The minimum absolute atomic E-state index is 0.192. The van der Waals surface area contributed by atoms with Crippen molar-refractivity contribution in [3.05, 3.63) is 12.2 Å². The van der Waals surface area contributed by atoms with Crippen LogP contribution < -0.4 is 16.2 Å². The fraction of sp³-hybridized carbons (Fsp3) is 0.917. The summed E-state index contributed by atoms with van der Waals surface area (Å²) in [6, 6.07) is 0. The van der Waals surface area contributed by atoms with E-state index in [-0.39, 0.29) is 23.6 Å². The van der Waals surface area contributed by atoms with Gasteiger partial charge in [0.25, 0.3) is 0 Å². The second-order valence-electron chi connectivity index (χ2n) is 15.5. The van der Waals surface area contributed by atoms with Gasteiger partial charge in [-0.15, -0.1) is 0 Å². The molecule has 1 saturated heterocycles. The van der Waals surface area contributed by atoms with Crippen LogP contribution in [0, 0.1) is 35.0 Å². The van der Waals surface area contributed by atoms with E-state index in [0.29, 0.717) is 37.0 Å². The summed E-state index contributed by atoms with van der Waals surface area (Å²) in [6.07, 6.45) is 23.5. The summed E-state index contributed by atoms with van der Waals surface area (Å²) in [7, 11) is 0. The minimum atomic E-state index is -1.18. The van der Waals surface area contributed by atoms with Crippen LogP contribution in [0.3, 0.4) is 0 Å². The van der Waals surface area contributed by atoms with E-state index in [1.807, 2.05) is 0 Å². The number of aliphatic carboxylic acids is 1. The molecule has 4 rings (SSSR count). The van der Waals surface area contributed by atoms with Gasteiger partial charge in [0, 0.05) is 24.2 Å². The number of rotatable bonds is 17. The lowest BCUT2D eigenvalue weighted by atomic mass is 9.71. The number of allylic oxidation sites excluding steroid dienone is 1. The van der Waals surface area contributed by atoms with Crippen molar-refractivity contribution in [2.75, 3.05) is 6.54 Å². The van der Waals surface area contributed by atoms with E-state index >= 15 is 0 Å². The van der Waals surface area contributed by atoms with E-state index in [4.69, 9.17) is 5.73 Å². The maximum Gasteiger partial charge on any atom is 0.137 e. The fourth-order valence-corrected chi connectivity index (χ4v) is 9.65. The van der Waals surface area contributed by atoms with Gasteiger partial charge in [-0.25, -0.2) is 0 Å². The molecule has 1 heterocycles. The van der Waals surface area contributed by atoms with Crippen LogP contribution in [0.2, 0.25) is 0 Å². The molecule has 7 heteroatoms. The second-order valence-corrected chi connectivity index (χ2v) is 15.5. The van der Waals surface area contributed by atoms with Crippen molar-refractivity contribution < 1.29 is 30.5 Å². The molecular weight excluding hydrogens is 540 g/mol. The first-order valence-corrected chi connectivity index (χ1v) is 18.2. The quantitative estimate of drug-likeness (QED) is 0.126. The molecule has 0 amide bonds. The molecule has 3 aliphatic carbocycles. The van der Waals surface area contributed by atoms with Crippen molar-refractivity contribution in [1.82, 2.24) is 0 Å². The topological polar surface area (TPSA) is 143 Å². The molecule has 1 aliphatic heterocycles. The smallest absolute Gasteiger partial charge is 0.137 e. The Morgan fingerprint density at radius 3 is 2.53 bits per heavy atom. The van der Waals surface area contributed by atoms with Crippen LogP contribution in [0.5, 0.6) is 0 Å². The Balaban J connectivity index is 1.19. The van der Waals surface area contributed by atoms with Gasteiger partial charge in [0.1, 0.15) is 6.17 Å². The van der Waals surface area contributed by atoms with E-state index in [1.165, 1.54) is 51.4 Å². The monoisotopic (exact) mass is 604 g/mol. The average molecular weight is 605 g/mol. The zero-order valence-corrected chi connectivity index (χ0v) is 27.1. The predicted octanol–water partition coefficient (Wildman–Crippen LogP) is 3.93. The first-order valence-electron chi connectivity index (χ1n) is 18.2. The highest BCUT2D eigenvalue weighted by molar-refractivity contribution is 5.68. The van der Waals surface area contributed by atoms with Gasteiger partial charge in [0.2, 0.25) is 0 Å². The highest BCUT2D eigenvalue weighted by Crippen LogP contribution is 2.60. The summed E-state index contributed by atoms with van der Waals surface area (Å²) in [5.74, 6) is -0.269. The zero-order chi connectivity index (χ0) is 30.9. The van der Waals surface area contributed by atoms with Crippen molar-refractivity contribution in [3.63, 3.8) is 0 Å². The Labute approximate surface area is 261 Å². The number of unbranched alkanes of at least 4 members (excludes halogenated alkanes) is 4. The van der Waals surface area contributed by atoms with E-state index in [9.17, 15) is 25.2 Å². The Morgan fingerprint density at radius 2 is 1.84 bits per heavy atom. The van der Waals surface area contributed by atoms with Crippen molar-refractivity contribution in [2.45, 2.75) is 166 Å². The summed E-state index contributed by atoms with van der Waals surface area (Å²) in [5.41, 5.74) is 5.63. The molecule has 248 valence electrons. The number of carboxylic acids is 1. The van der Waals surface area contributed by atoms with Crippen LogP contribution in [0.4, 0.5) is 0 Å². The van der Waals surface area contributed by atoms with Gasteiger partial charge in [0.15, 0.2) is 0 Å². The number of aliphatic hydroxyl groups excluding tert-OH is 2.